The third-order valence-electron chi connectivity index (χ3n) is 2.27. The Morgan fingerprint density at radius 1 is 1.29 bits per heavy atom. The number of hydrogen-bond acceptors (Lipinski definition) is 4. The van der Waals surface area contributed by atoms with Crippen molar-refractivity contribution in [3.63, 3.8) is 0 Å². The van der Waals surface area contributed by atoms with Crippen LogP contribution in [0.15, 0.2) is 11.5 Å². The van der Waals surface area contributed by atoms with E-state index in [2.05, 4.69) is 10.6 Å². The fraction of sp³-hybridized carbons (Fsp3) is 0.600. The first-order valence-electron chi connectivity index (χ1n) is 5.37. The van der Waals surface area contributed by atoms with Gasteiger partial charge >= 0.3 is 0 Å². The Kier molecular flexibility index (Phi) is 4.68. The predicted octanol–water partition coefficient (Wildman–Crippen LogP) is -0.813. The maximum absolute atomic E-state index is 11.4. The number of carbonyl (C=O) groups excluding carboxylic acids is 2. The number of nitrogens with one attached hydrogen (secondary N) is 2. The highest BCUT2D eigenvalue weighted by Gasteiger charge is 2.23. The van der Waals surface area contributed by atoms with Gasteiger partial charge in [-0.05, 0) is 6.92 Å². The normalized spacial score (nSPS) is 21.1. The summed E-state index contributed by atoms with van der Waals surface area (Å²) >= 11 is 0. The Balaban J connectivity index is 2.27. The van der Waals surface area contributed by atoms with Crippen LogP contribution in [0.4, 0.5) is 0 Å². The van der Waals surface area contributed by atoms with E-state index in [9.17, 15) is 18.0 Å². The van der Waals surface area contributed by atoms with Crippen molar-refractivity contribution in [2.45, 2.75) is 13.3 Å². The van der Waals surface area contributed by atoms with Crippen molar-refractivity contribution in [2.75, 3.05) is 18.8 Å². The Morgan fingerprint density at radius 2 is 2.00 bits per heavy atom. The van der Waals surface area contributed by atoms with Crippen molar-refractivity contribution in [3.05, 3.63) is 11.5 Å². The van der Waals surface area contributed by atoms with Gasteiger partial charge in [0.1, 0.15) is 0 Å². The first kappa shape index (κ1) is 13.7. The quantitative estimate of drug-likeness (QED) is 0.676. The second-order valence-corrected chi connectivity index (χ2v) is 5.78. The topological polar surface area (TPSA) is 92.3 Å². The number of allylic oxidation sites excluding steroid dienone is 1. The van der Waals surface area contributed by atoms with Gasteiger partial charge < -0.3 is 10.6 Å². The molecule has 2 amide bonds. The van der Waals surface area contributed by atoms with Crippen molar-refractivity contribution in [2.24, 2.45) is 5.92 Å². The molecule has 0 unspecified atom stereocenters. The Morgan fingerprint density at radius 3 is 2.53 bits per heavy atom. The smallest absolute Gasteiger partial charge is 0.239 e. The standard InChI is InChI=1S/C10H16N2O4S/c1-2-11-10(14)6-12-9(13)5-8-3-4-17(15,16)7-8/h3-4,8H,2,5-7H2,1H3,(H,11,14)(H,12,13)/t8-/m1/s1. The monoisotopic (exact) mass is 260 g/mol. The SMILES string of the molecule is CCNC(=O)CNC(=O)C[C@H]1C=CS(=O)(=O)C1. The van der Waals surface area contributed by atoms with Crippen LogP contribution in [0.2, 0.25) is 0 Å². The number of hydrogen-bond donors (Lipinski definition) is 2. The van der Waals surface area contributed by atoms with Crippen molar-refractivity contribution in [1.29, 1.82) is 0 Å². The van der Waals surface area contributed by atoms with Crippen molar-refractivity contribution in [1.82, 2.24) is 10.6 Å². The van der Waals surface area contributed by atoms with Gasteiger partial charge in [0.2, 0.25) is 11.8 Å². The highest BCUT2D eigenvalue weighted by atomic mass is 32.2. The van der Waals surface area contributed by atoms with Gasteiger partial charge in [-0.2, -0.15) is 0 Å². The highest BCUT2D eigenvalue weighted by Crippen LogP contribution is 2.17. The molecular weight excluding hydrogens is 244 g/mol. The fourth-order valence-corrected chi connectivity index (χ4v) is 2.91. The molecule has 2 N–H and O–H groups in total. The summed E-state index contributed by atoms with van der Waals surface area (Å²) in [5, 5.41) is 6.12. The van der Waals surface area contributed by atoms with E-state index in [1.54, 1.807) is 6.92 Å². The molecule has 7 heteroatoms. The molecule has 1 heterocycles. The second-order valence-electron chi connectivity index (χ2n) is 3.85. The van der Waals surface area contributed by atoms with Crippen LogP contribution in [-0.2, 0) is 19.4 Å². The summed E-state index contributed by atoms with van der Waals surface area (Å²) < 4.78 is 22.2. The minimum Gasteiger partial charge on any atom is -0.355 e. The van der Waals surface area contributed by atoms with Gasteiger partial charge in [-0.25, -0.2) is 8.42 Å². The molecule has 0 saturated heterocycles. The summed E-state index contributed by atoms with van der Waals surface area (Å²) in [4.78, 5) is 22.5. The molecule has 0 aliphatic carbocycles. The van der Waals surface area contributed by atoms with E-state index in [1.165, 1.54) is 6.08 Å². The third kappa shape index (κ3) is 4.99. The molecule has 0 fully saturated rings. The van der Waals surface area contributed by atoms with Crippen molar-refractivity contribution >= 4 is 21.7 Å². The van der Waals surface area contributed by atoms with E-state index < -0.39 is 9.84 Å². The number of amides is 2. The van der Waals surface area contributed by atoms with Crippen LogP contribution in [0.5, 0.6) is 0 Å². The Bertz CT molecular complexity index is 428. The predicted molar refractivity (Wildman–Crippen MR) is 62.7 cm³/mol. The number of likely N-dealkylation sites (N-methyl/N-ethyl adjacent to an activating group) is 1. The van der Waals surface area contributed by atoms with Gasteiger partial charge in [0.15, 0.2) is 9.84 Å². The van der Waals surface area contributed by atoms with Gasteiger partial charge in [0.25, 0.3) is 0 Å². The summed E-state index contributed by atoms with van der Waals surface area (Å²) in [6.07, 6.45) is 1.61. The molecule has 6 nitrogen and oxygen atoms in total. The summed E-state index contributed by atoms with van der Waals surface area (Å²) in [5.41, 5.74) is 0. The average Bonchev–Trinajstić information content (AvgIpc) is 2.55. The van der Waals surface area contributed by atoms with Crippen LogP contribution in [0.3, 0.4) is 0 Å². The summed E-state index contributed by atoms with van der Waals surface area (Å²) in [6, 6.07) is 0. The number of carbonyl (C=O) groups is 2. The summed E-state index contributed by atoms with van der Waals surface area (Å²) in [5.74, 6) is -0.880. The minimum atomic E-state index is -3.12. The van der Waals surface area contributed by atoms with Gasteiger partial charge in [0.05, 0.1) is 12.3 Å². The van der Waals surface area contributed by atoms with Gasteiger partial charge in [-0.3, -0.25) is 9.59 Å². The lowest BCUT2D eigenvalue weighted by atomic mass is 10.1. The molecular formula is C10H16N2O4S. The highest BCUT2D eigenvalue weighted by molar-refractivity contribution is 7.94. The second kappa shape index (κ2) is 5.81. The van der Waals surface area contributed by atoms with Gasteiger partial charge in [-0.1, -0.05) is 6.08 Å². The van der Waals surface area contributed by atoms with Crippen LogP contribution in [0, 0.1) is 5.92 Å². The number of rotatable bonds is 5. The Hall–Kier alpha value is -1.37. The maximum atomic E-state index is 11.4. The molecule has 1 atom stereocenters. The van der Waals surface area contributed by atoms with E-state index >= 15 is 0 Å². The molecule has 0 radical (unpaired) electrons. The maximum Gasteiger partial charge on any atom is 0.239 e. The molecule has 1 rings (SSSR count). The van der Waals surface area contributed by atoms with Crippen LogP contribution in [0.1, 0.15) is 13.3 Å². The first-order chi connectivity index (χ1) is 7.93. The molecule has 0 aromatic rings. The van der Waals surface area contributed by atoms with Crippen molar-refractivity contribution in [3.8, 4) is 0 Å². The molecule has 17 heavy (non-hydrogen) atoms. The van der Waals surface area contributed by atoms with Crippen molar-refractivity contribution < 1.29 is 18.0 Å². The molecule has 0 aromatic carbocycles. The molecule has 0 aromatic heterocycles. The zero-order valence-electron chi connectivity index (χ0n) is 9.60. The molecule has 1 aliphatic rings. The lowest BCUT2D eigenvalue weighted by Gasteiger charge is -2.07. The first-order valence-corrected chi connectivity index (χ1v) is 7.09. The lowest BCUT2D eigenvalue weighted by molar-refractivity contribution is -0.126. The van der Waals surface area contributed by atoms with E-state index in [0.717, 1.165) is 5.41 Å². The van der Waals surface area contributed by atoms with Gasteiger partial charge in [0, 0.05) is 24.3 Å². The van der Waals surface area contributed by atoms with Crippen LogP contribution >= 0.6 is 0 Å². The largest absolute Gasteiger partial charge is 0.355 e. The van der Waals surface area contributed by atoms with Crippen LogP contribution in [0.25, 0.3) is 0 Å². The van der Waals surface area contributed by atoms with E-state index in [4.69, 9.17) is 0 Å². The zero-order valence-corrected chi connectivity index (χ0v) is 10.4. The summed E-state index contributed by atoms with van der Waals surface area (Å²) in [6.45, 7) is 2.22. The van der Waals surface area contributed by atoms with E-state index in [-0.39, 0.29) is 36.5 Å². The lowest BCUT2D eigenvalue weighted by Crippen LogP contribution is -2.37. The molecule has 0 bridgehead atoms. The molecule has 0 spiro atoms. The van der Waals surface area contributed by atoms with Crippen LogP contribution in [-0.4, -0.2) is 39.1 Å². The average molecular weight is 260 g/mol. The number of sulfone groups is 1. The molecule has 96 valence electrons. The molecule has 1 aliphatic heterocycles. The minimum absolute atomic E-state index is 0.0262. The molecule has 0 saturated carbocycles. The third-order valence-corrected chi connectivity index (χ3v) is 3.74. The van der Waals surface area contributed by atoms with Gasteiger partial charge in [-0.15, -0.1) is 0 Å². The van der Waals surface area contributed by atoms with E-state index in [0.29, 0.717) is 6.54 Å². The van der Waals surface area contributed by atoms with Crippen LogP contribution < -0.4 is 10.6 Å². The summed E-state index contributed by atoms with van der Waals surface area (Å²) in [7, 11) is -3.12. The zero-order chi connectivity index (χ0) is 12.9. The Labute approximate surface area is 100 Å². The van der Waals surface area contributed by atoms with E-state index in [1.807, 2.05) is 0 Å². The fourth-order valence-electron chi connectivity index (χ4n) is 1.52.